The summed E-state index contributed by atoms with van der Waals surface area (Å²) in [6.45, 7) is 6.23. The van der Waals surface area contributed by atoms with E-state index in [-0.39, 0.29) is 5.41 Å². The maximum absolute atomic E-state index is 12.4. The molecule has 1 aromatic heterocycles. The SMILES string of the molecule is CC(C)(C)c1cc(OC(=O)c2ccccc2)n(-c2ccccc2)n1. The molecule has 0 aliphatic carbocycles. The van der Waals surface area contributed by atoms with Gasteiger partial charge >= 0.3 is 5.97 Å². The first kappa shape index (κ1) is 16.0. The molecule has 0 aliphatic rings. The molecular weight excluding hydrogens is 300 g/mol. The van der Waals surface area contributed by atoms with Gasteiger partial charge in [0.15, 0.2) is 0 Å². The van der Waals surface area contributed by atoms with Gasteiger partial charge in [-0.1, -0.05) is 57.2 Å². The molecule has 2 aromatic carbocycles. The monoisotopic (exact) mass is 320 g/mol. The van der Waals surface area contributed by atoms with E-state index >= 15 is 0 Å². The Kier molecular flexibility index (Phi) is 4.21. The summed E-state index contributed by atoms with van der Waals surface area (Å²) in [5.41, 5.74) is 2.08. The molecule has 4 heteroatoms. The Hall–Kier alpha value is -2.88. The van der Waals surface area contributed by atoms with Gasteiger partial charge in [0.1, 0.15) is 0 Å². The number of rotatable bonds is 3. The molecule has 0 saturated heterocycles. The molecule has 3 rings (SSSR count). The Labute approximate surface area is 141 Å². The van der Waals surface area contributed by atoms with Crippen LogP contribution in [0.4, 0.5) is 0 Å². The minimum absolute atomic E-state index is 0.145. The molecule has 0 atom stereocenters. The second kappa shape index (κ2) is 6.32. The number of hydrogen-bond donors (Lipinski definition) is 0. The fourth-order valence-electron chi connectivity index (χ4n) is 2.29. The molecular formula is C20H20N2O2. The van der Waals surface area contributed by atoms with E-state index in [1.165, 1.54) is 0 Å². The van der Waals surface area contributed by atoms with E-state index < -0.39 is 5.97 Å². The minimum atomic E-state index is -0.395. The Balaban J connectivity index is 2.00. The zero-order valence-electron chi connectivity index (χ0n) is 14.1. The van der Waals surface area contributed by atoms with Gasteiger partial charge in [0, 0.05) is 11.5 Å². The largest absolute Gasteiger partial charge is 0.404 e. The number of aromatic nitrogens is 2. The first-order valence-corrected chi connectivity index (χ1v) is 7.88. The number of carbonyl (C=O) groups is 1. The Morgan fingerprint density at radius 3 is 2.12 bits per heavy atom. The average Bonchev–Trinajstić information content (AvgIpc) is 3.00. The first-order chi connectivity index (χ1) is 11.4. The Morgan fingerprint density at radius 2 is 1.54 bits per heavy atom. The molecule has 0 spiro atoms. The van der Waals surface area contributed by atoms with Crippen molar-refractivity contribution in [1.82, 2.24) is 9.78 Å². The zero-order chi connectivity index (χ0) is 17.2. The van der Waals surface area contributed by atoms with Gasteiger partial charge in [-0.25, -0.2) is 9.48 Å². The van der Waals surface area contributed by atoms with Crippen molar-refractivity contribution >= 4 is 5.97 Å². The molecule has 0 aliphatic heterocycles. The van der Waals surface area contributed by atoms with E-state index in [9.17, 15) is 4.79 Å². The number of nitrogens with zero attached hydrogens (tertiary/aromatic N) is 2. The third kappa shape index (κ3) is 3.38. The Morgan fingerprint density at radius 1 is 0.958 bits per heavy atom. The molecule has 0 N–H and O–H groups in total. The molecule has 0 amide bonds. The lowest BCUT2D eigenvalue weighted by atomic mass is 9.93. The van der Waals surface area contributed by atoms with Gasteiger partial charge in [0.25, 0.3) is 0 Å². The number of carbonyl (C=O) groups excluding carboxylic acids is 1. The van der Waals surface area contributed by atoms with E-state index in [0.29, 0.717) is 11.4 Å². The normalized spacial score (nSPS) is 11.3. The molecule has 122 valence electrons. The number of esters is 1. The summed E-state index contributed by atoms with van der Waals surface area (Å²) < 4.78 is 7.29. The van der Waals surface area contributed by atoms with Crippen molar-refractivity contribution in [2.75, 3.05) is 0 Å². The molecule has 0 bridgehead atoms. The van der Waals surface area contributed by atoms with Crippen LogP contribution in [0.2, 0.25) is 0 Å². The van der Waals surface area contributed by atoms with Crippen molar-refractivity contribution in [3.63, 3.8) is 0 Å². The topological polar surface area (TPSA) is 44.1 Å². The maximum atomic E-state index is 12.4. The molecule has 0 fully saturated rings. The van der Waals surface area contributed by atoms with E-state index in [1.54, 1.807) is 16.8 Å². The van der Waals surface area contributed by atoms with Crippen molar-refractivity contribution in [2.24, 2.45) is 0 Å². The average molecular weight is 320 g/mol. The molecule has 24 heavy (non-hydrogen) atoms. The maximum Gasteiger partial charge on any atom is 0.344 e. The summed E-state index contributed by atoms with van der Waals surface area (Å²) in [7, 11) is 0. The predicted molar refractivity (Wildman–Crippen MR) is 93.7 cm³/mol. The van der Waals surface area contributed by atoms with Gasteiger partial charge in [-0.3, -0.25) is 0 Å². The number of benzene rings is 2. The van der Waals surface area contributed by atoms with Gasteiger partial charge in [-0.15, -0.1) is 0 Å². The highest BCUT2D eigenvalue weighted by atomic mass is 16.5. The summed E-state index contributed by atoms with van der Waals surface area (Å²) in [5, 5.41) is 4.64. The molecule has 0 radical (unpaired) electrons. The summed E-state index contributed by atoms with van der Waals surface area (Å²) in [6, 6.07) is 20.4. The highest BCUT2D eigenvalue weighted by Gasteiger charge is 2.22. The van der Waals surface area contributed by atoms with Crippen LogP contribution in [-0.4, -0.2) is 15.7 Å². The van der Waals surface area contributed by atoms with Crippen molar-refractivity contribution in [1.29, 1.82) is 0 Å². The van der Waals surface area contributed by atoms with Crippen molar-refractivity contribution in [2.45, 2.75) is 26.2 Å². The number of para-hydroxylation sites is 1. The fraction of sp³-hybridized carbons (Fsp3) is 0.200. The van der Waals surface area contributed by atoms with Crippen LogP contribution >= 0.6 is 0 Å². The predicted octanol–water partition coefficient (Wildman–Crippen LogP) is 4.39. The molecule has 0 unspecified atom stereocenters. The van der Waals surface area contributed by atoms with Crippen LogP contribution in [0.25, 0.3) is 5.69 Å². The summed E-state index contributed by atoms with van der Waals surface area (Å²) in [4.78, 5) is 12.4. The van der Waals surface area contributed by atoms with Crippen LogP contribution in [0.3, 0.4) is 0 Å². The van der Waals surface area contributed by atoms with E-state index in [4.69, 9.17) is 4.74 Å². The minimum Gasteiger partial charge on any atom is -0.404 e. The second-order valence-electron chi connectivity index (χ2n) is 6.62. The highest BCUT2D eigenvalue weighted by Crippen LogP contribution is 2.28. The fourth-order valence-corrected chi connectivity index (χ4v) is 2.29. The second-order valence-corrected chi connectivity index (χ2v) is 6.62. The van der Waals surface area contributed by atoms with Crippen molar-refractivity contribution in [3.05, 3.63) is 78.0 Å². The summed E-state index contributed by atoms with van der Waals surface area (Å²) >= 11 is 0. The van der Waals surface area contributed by atoms with Crippen LogP contribution in [-0.2, 0) is 5.41 Å². The third-order valence-electron chi connectivity index (χ3n) is 3.65. The zero-order valence-corrected chi connectivity index (χ0v) is 14.1. The van der Waals surface area contributed by atoms with Crippen LogP contribution in [0.15, 0.2) is 66.7 Å². The quantitative estimate of drug-likeness (QED) is 0.672. The molecule has 3 aromatic rings. The lowest BCUT2D eigenvalue weighted by molar-refractivity contribution is 0.0723. The third-order valence-corrected chi connectivity index (χ3v) is 3.65. The van der Waals surface area contributed by atoms with Gasteiger partial charge in [0.2, 0.25) is 5.88 Å². The van der Waals surface area contributed by atoms with Crippen LogP contribution < -0.4 is 4.74 Å². The van der Waals surface area contributed by atoms with Crippen molar-refractivity contribution < 1.29 is 9.53 Å². The van der Waals surface area contributed by atoms with Crippen LogP contribution in [0.5, 0.6) is 5.88 Å². The Bertz CT molecular complexity index is 831. The summed E-state index contributed by atoms with van der Waals surface area (Å²) in [6.07, 6.45) is 0. The van der Waals surface area contributed by atoms with E-state index in [2.05, 4.69) is 25.9 Å². The first-order valence-electron chi connectivity index (χ1n) is 7.88. The van der Waals surface area contributed by atoms with Gasteiger partial charge in [-0.05, 0) is 24.3 Å². The standard InChI is InChI=1S/C20H20N2O2/c1-20(2,3)17-14-18(22(21-17)16-12-8-5-9-13-16)24-19(23)15-10-6-4-7-11-15/h4-14H,1-3H3. The summed E-state index contributed by atoms with van der Waals surface area (Å²) in [5.74, 6) is 0.0214. The number of ether oxygens (including phenoxy) is 1. The molecule has 4 nitrogen and oxygen atoms in total. The van der Waals surface area contributed by atoms with Gasteiger partial charge in [0.05, 0.1) is 16.9 Å². The van der Waals surface area contributed by atoms with Crippen molar-refractivity contribution in [3.8, 4) is 11.6 Å². The lowest BCUT2D eigenvalue weighted by Gasteiger charge is -2.13. The van der Waals surface area contributed by atoms with Crippen LogP contribution in [0, 0.1) is 0 Å². The van der Waals surface area contributed by atoms with E-state index in [1.807, 2.05) is 54.6 Å². The molecule has 1 heterocycles. The van der Waals surface area contributed by atoms with E-state index in [0.717, 1.165) is 11.4 Å². The van der Waals surface area contributed by atoms with Gasteiger partial charge < -0.3 is 4.74 Å². The van der Waals surface area contributed by atoms with Crippen LogP contribution in [0.1, 0.15) is 36.8 Å². The smallest absolute Gasteiger partial charge is 0.344 e. The van der Waals surface area contributed by atoms with Gasteiger partial charge in [-0.2, -0.15) is 5.10 Å². The lowest BCUT2D eigenvalue weighted by Crippen LogP contribution is -2.13. The number of hydrogen-bond acceptors (Lipinski definition) is 3. The molecule has 0 saturated carbocycles. The highest BCUT2D eigenvalue weighted by molar-refractivity contribution is 5.90.